The molecule has 15 atom stereocenters. The first-order valence-corrected chi connectivity index (χ1v) is 23.9. The summed E-state index contributed by atoms with van der Waals surface area (Å²) in [5, 5.41) is 33.8. The van der Waals surface area contributed by atoms with Gasteiger partial charge < -0.3 is 43.9 Å². The highest BCUT2D eigenvalue weighted by atomic mass is 16.6. The normalized spacial score (nSPS) is 40.4. The van der Waals surface area contributed by atoms with Crippen LogP contribution >= 0.6 is 0 Å². The lowest BCUT2D eigenvalue weighted by atomic mass is 9.78. The lowest BCUT2D eigenvalue weighted by Gasteiger charge is -2.42. The molecule has 14 nitrogen and oxygen atoms in total. The summed E-state index contributed by atoms with van der Waals surface area (Å²) < 4.78 is 29.4. The maximum Gasteiger partial charge on any atom is 0.329 e. The fourth-order valence-corrected chi connectivity index (χ4v) is 10.1. The number of Topliss-reactive ketones (excluding diaryl/α,β-unsaturated/α-hetero) is 3. The number of hydrogen-bond donors (Lipinski definition) is 3. The third kappa shape index (κ3) is 14.3. The van der Waals surface area contributed by atoms with Crippen LogP contribution in [0.1, 0.15) is 126 Å². The molecule has 0 spiro atoms. The molecule has 3 N–H and O–H groups in total. The Bertz CT molecular complexity index is 1760. The fraction of sp³-hybridized carbons (Fsp3) is 0.745. The van der Waals surface area contributed by atoms with Crippen molar-refractivity contribution in [3.8, 4) is 0 Å². The van der Waals surface area contributed by atoms with E-state index < -0.39 is 83.9 Å². The lowest BCUT2D eigenvalue weighted by molar-refractivity contribution is -0.265. The second-order valence-electron chi connectivity index (χ2n) is 19.6. The standard InChI is InChI=1S/C51H79NO13/c1-30-16-12-11-13-17-31(2)42(61-8)28-38-21-19-36(7)51(60,65-38)48(57)49(58)52-23-15-14-18-39(52)50(59)64-43(33(4)26-37-20-22-40(53)44(27-37)62-9)29-41(54)32(3)25-35(6)46(56)47(63-10)45(55)34(5)24-30/h11-13,16-17,25,30,32-34,36-40,42-44,46-47,53,56,60H,14-15,18-24,26-29H2,1-10H3/b13-11+,16-12+,31-17+,35-25+/t30-,32?,33-,34-,36-,37+,38+,39?,40-,42?,43+,44-,46?,47+,51-/m1/s1. The number of hydrogen-bond acceptors (Lipinski definition) is 13. The number of aliphatic hydroxyl groups excluding tert-OH is 2. The number of cyclic esters (lactones) is 1. The van der Waals surface area contributed by atoms with Crippen molar-refractivity contribution in [2.75, 3.05) is 27.9 Å². The van der Waals surface area contributed by atoms with Crippen molar-refractivity contribution in [2.24, 2.45) is 35.5 Å². The number of aliphatic hydroxyl groups is 3. The number of carbonyl (C=O) groups excluding carboxylic acids is 5. The van der Waals surface area contributed by atoms with E-state index in [0.29, 0.717) is 63.4 Å². The third-order valence-electron chi connectivity index (χ3n) is 14.5. The summed E-state index contributed by atoms with van der Waals surface area (Å²) in [6, 6.07) is -1.14. The molecule has 3 heterocycles. The Morgan fingerprint density at radius 3 is 2.25 bits per heavy atom. The molecule has 1 saturated carbocycles. The second-order valence-corrected chi connectivity index (χ2v) is 19.6. The van der Waals surface area contributed by atoms with Crippen LogP contribution in [0.25, 0.3) is 0 Å². The van der Waals surface area contributed by atoms with Gasteiger partial charge in [-0.1, -0.05) is 71.1 Å². The zero-order chi connectivity index (χ0) is 48.2. The quantitative estimate of drug-likeness (QED) is 0.156. The molecule has 4 unspecified atom stereocenters. The molecule has 0 aromatic rings. The van der Waals surface area contributed by atoms with Crippen molar-refractivity contribution < 1.29 is 63.0 Å². The van der Waals surface area contributed by atoms with Crippen molar-refractivity contribution in [1.82, 2.24) is 4.90 Å². The van der Waals surface area contributed by atoms with E-state index in [2.05, 4.69) is 0 Å². The fourth-order valence-electron chi connectivity index (χ4n) is 10.1. The SMILES string of the molecule is COC1C[C@@H]2CC[C@@H](C)[C@@](O)(O2)C(=O)C(=O)N2CCCCC2C(=O)O[C@H]([C@H](C)C[C@@H]2CC[C@@H](O)[C@H](OC)C2)CC(=O)C(C)/C=C(\C)C(O)[C@@H](OC)C(=O)[C@H](C)C[C@H](C)/C=C/C=C/C=C/1C. The maximum absolute atomic E-state index is 14.4. The molecule has 0 aromatic carbocycles. The van der Waals surface area contributed by atoms with Gasteiger partial charge in [0.15, 0.2) is 5.78 Å². The number of nitrogens with zero attached hydrogens (tertiary/aromatic N) is 1. The van der Waals surface area contributed by atoms with Crippen LogP contribution in [0.5, 0.6) is 0 Å². The Kier molecular flexibility index (Phi) is 21.0. The van der Waals surface area contributed by atoms with E-state index in [1.165, 1.54) is 12.0 Å². The van der Waals surface area contributed by atoms with Gasteiger partial charge in [0, 0.05) is 58.5 Å². The number of fused-ring (bicyclic) bond motifs is 3. The van der Waals surface area contributed by atoms with Gasteiger partial charge in [-0.15, -0.1) is 0 Å². The number of ketones is 3. The number of rotatable bonds is 6. The first-order valence-electron chi connectivity index (χ1n) is 23.9. The smallest absolute Gasteiger partial charge is 0.329 e. The van der Waals surface area contributed by atoms with E-state index in [1.807, 2.05) is 58.1 Å². The Morgan fingerprint density at radius 2 is 1.57 bits per heavy atom. The molecule has 2 bridgehead atoms. The highest BCUT2D eigenvalue weighted by molar-refractivity contribution is 6.39. The second kappa shape index (κ2) is 25.1. The van der Waals surface area contributed by atoms with Crippen LogP contribution in [0.2, 0.25) is 0 Å². The Morgan fingerprint density at radius 1 is 0.846 bits per heavy atom. The predicted molar refractivity (Wildman–Crippen MR) is 245 cm³/mol. The third-order valence-corrected chi connectivity index (χ3v) is 14.5. The summed E-state index contributed by atoms with van der Waals surface area (Å²) in [5.74, 6) is -7.96. The van der Waals surface area contributed by atoms with E-state index in [-0.39, 0.29) is 54.8 Å². The van der Waals surface area contributed by atoms with Gasteiger partial charge in [0.25, 0.3) is 11.7 Å². The summed E-state index contributed by atoms with van der Waals surface area (Å²) in [6.45, 7) is 12.7. The number of piperidine rings is 1. The Balaban J connectivity index is 1.70. The minimum Gasteiger partial charge on any atom is -0.460 e. The van der Waals surface area contributed by atoms with E-state index in [9.17, 15) is 39.3 Å². The molecule has 65 heavy (non-hydrogen) atoms. The molecule has 1 amide bonds. The molecule has 0 aromatic heterocycles. The van der Waals surface area contributed by atoms with Crippen LogP contribution in [0.15, 0.2) is 47.6 Å². The van der Waals surface area contributed by atoms with Crippen molar-refractivity contribution in [2.45, 2.75) is 180 Å². The van der Waals surface area contributed by atoms with Crippen LogP contribution in [-0.2, 0) is 47.7 Å². The molecular formula is C51H79NO13. The lowest BCUT2D eigenvalue weighted by Crippen LogP contribution is -2.61. The minimum absolute atomic E-state index is 0.0193. The van der Waals surface area contributed by atoms with Gasteiger partial charge in [-0.25, -0.2) is 4.79 Å². The van der Waals surface area contributed by atoms with Gasteiger partial charge in [0.05, 0.1) is 24.4 Å². The van der Waals surface area contributed by atoms with Crippen LogP contribution in [0.3, 0.4) is 0 Å². The molecule has 3 fully saturated rings. The minimum atomic E-state index is -2.43. The first-order chi connectivity index (χ1) is 30.7. The number of ether oxygens (including phenoxy) is 5. The zero-order valence-electron chi connectivity index (χ0n) is 40.6. The number of esters is 1. The van der Waals surface area contributed by atoms with Gasteiger partial charge >= 0.3 is 5.97 Å². The molecule has 4 rings (SSSR count). The molecule has 1 aliphatic carbocycles. The van der Waals surface area contributed by atoms with Crippen molar-refractivity contribution in [1.29, 1.82) is 0 Å². The monoisotopic (exact) mass is 914 g/mol. The van der Waals surface area contributed by atoms with Gasteiger partial charge in [0.2, 0.25) is 5.79 Å². The molecule has 14 heteroatoms. The van der Waals surface area contributed by atoms with Crippen LogP contribution in [0.4, 0.5) is 0 Å². The van der Waals surface area contributed by atoms with Gasteiger partial charge in [-0.3, -0.25) is 19.2 Å². The zero-order valence-corrected chi connectivity index (χ0v) is 40.6. The van der Waals surface area contributed by atoms with E-state index >= 15 is 0 Å². The largest absolute Gasteiger partial charge is 0.460 e. The van der Waals surface area contributed by atoms with Gasteiger partial charge in [0.1, 0.15) is 30.1 Å². The average molecular weight is 914 g/mol. The van der Waals surface area contributed by atoms with E-state index in [0.717, 1.165) is 12.0 Å². The number of carbonyl (C=O) groups is 5. The van der Waals surface area contributed by atoms with Crippen LogP contribution in [0, 0.1) is 35.5 Å². The van der Waals surface area contributed by atoms with Crippen molar-refractivity contribution >= 4 is 29.2 Å². The van der Waals surface area contributed by atoms with Gasteiger partial charge in [-0.2, -0.15) is 0 Å². The number of methoxy groups -OCH3 is 3. The van der Waals surface area contributed by atoms with E-state index in [1.54, 1.807) is 41.1 Å². The molecule has 366 valence electrons. The Labute approximate surface area is 387 Å². The van der Waals surface area contributed by atoms with Crippen LogP contribution < -0.4 is 0 Å². The summed E-state index contributed by atoms with van der Waals surface area (Å²) in [4.78, 5) is 71.8. The van der Waals surface area contributed by atoms with Crippen molar-refractivity contribution in [3.05, 3.63) is 47.6 Å². The van der Waals surface area contributed by atoms with Crippen LogP contribution in [-0.4, -0.2) is 132 Å². The summed E-state index contributed by atoms with van der Waals surface area (Å²) >= 11 is 0. The topological polar surface area (TPSA) is 195 Å². The first kappa shape index (κ1) is 54.2. The number of amides is 1. The highest BCUT2D eigenvalue weighted by Gasteiger charge is 2.53. The average Bonchev–Trinajstić information content (AvgIpc) is 3.28. The van der Waals surface area contributed by atoms with Gasteiger partial charge in [-0.05, 0) is 107 Å². The Hall–Kier alpha value is -3.37. The summed E-state index contributed by atoms with van der Waals surface area (Å²) in [6.07, 6.45) is 11.2. The summed E-state index contributed by atoms with van der Waals surface area (Å²) in [7, 11) is 4.52. The summed E-state index contributed by atoms with van der Waals surface area (Å²) in [5.41, 5.74) is 1.27. The maximum atomic E-state index is 14.4. The van der Waals surface area contributed by atoms with E-state index in [4.69, 9.17) is 23.7 Å². The van der Waals surface area contributed by atoms with Crippen molar-refractivity contribution in [3.63, 3.8) is 0 Å². The molecular weight excluding hydrogens is 835 g/mol. The molecule has 0 radical (unpaired) electrons. The number of allylic oxidation sites excluding steroid dienone is 6. The molecule has 3 aliphatic heterocycles. The molecule has 2 saturated heterocycles. The highest BCUT2D eigenvalue weighted by Crippen LogP contribution is 2.38. The molecule has 4 aliphatic rings. The predicted octanol–water partition coefficient (Wildman–Crippen LogP) is 6.18.